The highest BCUT2D eigenvalue weighted by atomic mass is 16.1. The summed E-state index contributed by atoms with van der Waals surface area (Å²) in [5.41, 5.74) is 4.74. The van der Waals surface area contributed by atoms with Crippen LogP contribution in [0.4, 0.5) is 0 Å². The minimum absolute atomic E-state index is 0.104. The molecule has 2 N–H and O–H groups in total. The van der Waals surface area contributed by atoms with Crippen LogP contribution in [0.3, 0.4) is 0 Å². The number of hydrogen-bond donors (Lipinski definition) is 2. The molecule has 0 spiro atoms. The van der Waals surface area contributed by atoms with Crippen molar-refractivity contribution in [3.8, 4) is 0 Å². The van der Waals surface area contributed by atoms with Gasteiger partial charge in [0.2, 0.25) is 0 Å². The minimum Gasteiger partial charge on any atom is -0.352 e. The maximum Gasteiger partial charge on any atom is 0.253 e. The Morgan fingerprint density at radius 2 is 1.91 bits per heavy atom. The molecular weight excluding hydrogens is 288 g/mol. The van der Waals surface area contributed by atoms with Gasteiger partial charge in [-0.25, -0.2) is 9.97 Å². The number of carbonyl (C=O) groups is 1. The second-order valence-electron chi connectivity index (χ2n) is 5.60. The fourth-order valence-corrected chi connectivity index (χ4v) is 2.55. The fourth-order valence-electron chi connectivity index (χ4n) is 2.55. The van der Waals surface area contributed by atoms with E-state index in [4.69, 9.17) is 0 Å². The van der Waals surface area contributed by atoms with Gasteiger partial charge in [0.05, 0.1) is 22.1 Å². The Balaban J connectivity index is 1.98. The molecule has 0 fully saturated rings. The number of fused-ring (bicyclic) bond motifs is 2. The first-order chi connectivity index (χ1) is 11.2. The van der Waals surface area contributed by atoms with Gasteiger partial charge in [-0.2, -0.15) is 0 Å². The smallest absolute Gasteiger partial charge is 0.253 e. The van der Waals surface area contributed by atoms with Gasteiger partial charge in [0.1, 0.15) is 5.52 Å². The molecular formula is C18H20N4O. The molecule has 0 aliphatic carbocycles. The molecule has 0 aliphatic rings. The Bertz CT molecular complexity index is 860. The molecule has 23 heavy (non-hydrogen) atoms. The number of amides is 1. The van der Waals surface area contributed by atoms with Crippen molar-refractivity contribution in [3.05, 3.63) is 47.5 Å². The summed E-state index contributed by atoms with van der Waals surface area (Å²) in [5.74, 6) is -0.104. The third-order valence-corrected chi connectivity index (χ3v) is 3.75. The molecule has 0 saturated carbocycles. The van der Waals surface area contributed by atoms with Gasteiger partial charge in [-0.15, -0.1) is 0 Å². The Hall–Kier alpha value is -2.53. The zero-order valence-electron chi connectivity index (χ0n) is 13.4. The number of aryl methyl sites for hydroxylation is 1. The van der Waals surface area contributed by atoms with E-state index in [0.717, 1.165) is 35.1 Å². The number of aromatic nitrogens is 2. The largest absolute Gasteiger partial charge is 0.352 e. The maximum atomic E-state index is 12.4. The first kappa shape index (κ1) is 15.4. The molecule has 5 heteroatoms. The average Bonchev–Trinajstić information content (AvgIpc) is 2.56. The third kappa shape index (κ3) is 3.29. The van der Waals surface area contributed by atoms with Gasteiger partial charge >= 0.3 is 0 Å². The van der Waals surface area contributed by atoms with Crippen molar-refractivity contribution in [2.75, 3.05) is 20.1 Å². The SMILES string of the molecule is CNCCCNC(=O)c1cccc2nc3ccc(C)cc3nc12. The quantitative estimate of drug-likeness (QED) is 0.561. The number of nitrogens with one attached hydrogen (secondary N) is 2. The van der Waals surface area contributed by atoms with Crippen LogP contribution < -0.4 is 10.6 Å². The molecule has 0 aliphatic heterocycles. The van der Waals surface area contributed by atoms with E-state index in [2.05, 4.69) is 20.6 Å². The third-order valence-electron chi connectivity index (χ3n) is 3.75. The Morgan fingerprint density at radius 1 is 1.04 bits per heavy atom. The van der Waals surface area contributed by atoms with Gasteiger partial charge < -0.3 is 10.6 Å². The summed E-state index contributed by atoms with van der Waals surface area (Å²) < 4.78 is 0. The zero-order valence-corrected chi connectivity index (χ0v) is 13.4. The van der Waals surface area contributed by atoms with Crippen molar-refractivity contribution in [1.82, 2.24) is 20.6 Å². The van der Waals surface area contributed by atoms with Crippen molar-refractivity contribution in [3.63, 3.8) is 0 Å². The van der Waals surface area contributed by atoms with Crippen molar-refractivity contribution in [1.29, 1.82) is 0 Å². The molecule has 3 aromatic rings. The molecule has 1 amide bonds. The Morgan fingerprint density at radius 3 is 2.74 bits per heavy atom. The second kappa shape index (κ2) is 6.71. The van der Waals surface area contributed by atoms with Crippen LogP contribution in [0.2, 0.25) is 0 Å². The van der Waals surface area contributed by atoms with Crippen LogP contribution in [-0.2, 0) is 0 Å². The van der Waals surface area contributed by atoms with Crippen molar-refractivity contribution >= 4 is 28.0 Å². The van der Waals surface area contributed by atoms with E-state index in [1.807, 2.05) is 44.3 Å². The topological polar surface area (TPSA) is 66.9 Å². The summed E-state index contributed by atoms with van der Waals surface area (Å²) in [6, 6.07) is 11.5. The van der Waals surface area contributed by atoms with Crippen LogP contribution >= 0.6 is 0 Å². The first-order valence-electron chi connectivity index (χ1n) is 7.79. The van der Waals surface area contributed by atoms with E-state index in [0.29, 0.717) is 17.6 Å². The molecule has 0 radical (unpaired) electrons. The summed E-state index contributed by atoms with van der Waals surface area (Å²) in [5, 5.41) is 6.00. The number of carbonyl (C=O) groups excluding carboxylic acids is 1. The lowest BCUT2D eigenvalue weighted by molar-refractivity contribution is 0.0955. The standard InChI is InChI=1S/C18H20N4O/c1-12-7-8-14-16(11-12)22-17-13(5-3-6-15(17)21-14)18(23)20-10-4-9-19-2/h3,5-8,11,19H,4,9-10H2,1-2H3,(H,20,23). The van der Waals surface area contributed by atoms with Crippen LogP contribution in [0, 0.1) is 6.92 Å². The van der Waals surface area contributed by atoms with Gasteiger partial charge in [0.15, 0.2) is 0 Å². The number of para-hydroxylation sites is 1. The van der Waals surface area contributed by atoms with E-state index in [9.17, 15) is 4.79 Å². The van der Waals surface area contributed by atoms with E-state index < -0.39 is 0 Å². The van der Waals surface area contributed by atoms with Crippen molar-refractivity contribution in [2.45, 2.75) is 13.3 Å². The number of nitrogens with zero attached hydrogens (tertiary/aromatic N) is 2. The number of benzene rings is 2. The first-order valence-corrected chi connectivity index (χ1v) is 7.79. The highest BCUT2D eigenvalue weighted by molar-refractivity contribution is 6.06. The molecule has 2 aromatic carbocycles. The molecule has 0 unspecified atom stereocenters. The lowest BCUT2D eigenvalue weighted by Gasteiger charge is -2.08. The van der Waals surface area contributed by atoms with E-state index >= 15 is 0 Å². The molecule has 3 rings (SSSR count). The predicted octanol–water partition coefficient (Wildman–Crippen LogP) is 2.43. The molecule has 118 valence electrons. The van der Waals surface area contributed by atoms with Gasteiger partial charge in [-0.05, 0) is 56.8 Å². The van der Waals surface area contributed by atoms with E-state index in [-0.39, 0.29) is 5.91 Å². The Kier molecular flexibility index (Phi) is 4.48. The summed E-state index contributed by atoms with van der Waals surface area (Å²) in [6.45, 7) is 3.53. The number of rotatable bonds is 5. The molecule has 5 nitrogen and oxygen atoms in total. The summed E-state index contributed by atoms with van der Waals surface area (Å²) in [4.78, 5) is 21.7. The van der Waals surface area contributed by atoms with E-state index in [1.54, 1.807) is 6.07 Å². The van der Waals surface area contributed by atoms with Gasteiger partial charge in [0, 0.05) is 6.54 Å². The maximum absolute atomic E-state index is 12.4. The van der Waals surface area contributed by atoms with Gasteiger partial charge in [-0.3, -0.25) is 4.79 Å². The molecule has 1 heterocycles. The van der Waals surface area contributed by atoms with Crippen molar-refractivity contribution < 1.29 is 4.79 Å². The average molecular weight is 308 g/mol. The highest BCUT2D eigenvalue weighted by Crippen LogP contribution is 2.20. The molecule has 0 saturated heterocycles. The van der Waals surface area contributed by atoms with Gasteiger partial charge in [-0.1, -0.05) is 12.1 Å². The van der Waals surface area contributed by atoms with Crippen LogP contribution in [0.25, 0.3) is 22.1 Å². The Labute approximate surface area is 135 Å². The number of hydrogen-bond acceptors (Lipinski definition) is 4. The lowest BCUT2D eigenvalue weighted by atomic mass is 10.1. The normalized spacial score (nSPS) is 11.0. The lowest BCUT2D eigenvalue weighted by Crippen LogP contribution is -2.26. The second-order valence-corrected chi connectivity index (χ2v) is 5.60. The highest BCUT2D eigenvalue weighted by Gasteiger charge is 2.12. The molecule has 0 bridgehead atoms. The summed E-state index contributed by atoms with van der Waals surface area (Å²) in [7, 11) is 1.90. The van der Waals surface area contributed by atoms with Crippen LogP contribution in [0.1, 0.15) is 22.3 Å². The zero-order chi connectivity index (χ0) is 16.2. The summed E-state index contributed by atoms with van der Waals surface area (Å²) in [6.07, 6.45) is 0.890. The van der Waals surface area contributed by atoms with Crippen LogP contribution in [0.15, 0.2) is 36.4 Å². The van der Waals surface area contributed by atoms with Crippen LogP contribution in [0.5, 0.6) is 0 Å². The van der Waals surface area contributed by atoms with Gasteiger partial charge in [0.25, 0.3) is 5.91 Å². The van der Waals surface area contributed by atoms with Crippen molar-refractivity contribution in [2.24, 2.45) is 0 Å². The fraction of sp³-hybridized carbons (Fsp3) is 0.278. The minimum atomic E-state index is -0.104. The summed E-state index contributed by atoms with van der Waals surface area (Å²) >= 11 is 0. The predicted molar refractivity (Wildman–Crippen MR) is 92.7 cm³/mol. The van der Waals surface area contributed by atoms with Crippen LogP contribution in [-0.4, -0.2) is 36.0 Å². The monoisotopic (exact) mass is 308 g/mol. The molecule has 1 aromatic heterocycles. The molecule has 0 atom stereocenters. The van der Waals surface area contributed by atoms with E-state index in [1.165, 1.54) is 0 Å².